The number of methoxy groups -OCH3 is 1. The summed E-state index contributed by atoms with van der Waals surface area (Å²) in [6, 6.07) is 6.97. The average molecular weight is 375 g/mol. The second-order valence-corrected chi connectivity index (χ2v) is 7.12. The first kappa shape index (κ1) is 18.5. The maximum atomic E-state index is 12.8. The fourth-order valence-electron chi connectivity index (χ4n) is 3.17. The highest BCUT2D eigenvalue weighted by molar-refractivity contribution is 6.31. The molecule has 0 radical (unpaired) electrons. The van der Waals surface area contributed by atoms with E-state index in [0.29, 0.717) is 34.0 Å². The van der Waals surface area contributed by atoms with E-state index in [9.17, 15) is 4.79 Å². The number of halogens is 1. The van der Waals surface area contributed by atoms with Gasteiger partial charge in [0, 0.05) is 23.8 Å². The molecule has 0 bridgehead atoms. The van der Waals surface area contributed by atoms with Gasteiger partial charge in [-0.3, -0.25) is 4.79 Å². The zero-order valence-corrected chi connectivity index (χ0v) is 16.0. The molecule has 26 heavy (non-hydrogen) atoms. The molecule has 1 N–H and O–H groups in total. The minimum atomic E-state index is -0.0526. The molecule has 1 aliphatic rings. The summed E-state index contributed by atoms with van der Waals surface area (Å²) in [4.78, 5) is 23.5. The molecule has 1 aliphatic heterocycles. The molecule has 2 aromatic rings. The molecular weight excluding hydrogens is 352 g/mol. The summed E-state index contributed by atoms with van der Waals surface area (Å²) in [5.41, 5.74) is 1.77. The lowest BCUT2D eigenvalue weighted by molar-refractivity contribution is 0.0677. The molecule has 0 aliphatic carbocycles. The van der Waals surface area contributed by atoms with Crippen molar-refractivity contribution in [2.24, 2.45) is 5.92 Å². The van der Waals surface area contributed by atoms with Gasteiger partial charge in [0.15, 0.2) is 0 Å². The van der Waals surface area contributed by atoms with Crippen LogP contribution >= 0.6 is 11.6 Å². The molecule has 3 rings (SSSR count). The molecule has 1 unspecified atom stereocenters. The minimum Gasteiger partial charge on any atom is -0.495 e. The zero-order chi connectivity index (χ0) is 18.7. The Kier molecular flexibility index (Phi) is 5.61. The average Bonchev–Trinajstić information content (AvgIpc) is 2.61. The summed E-state index contributed by atoms with van der Waals surface area (Å²) in [5, 5.41) is 3.68. The molecular formula is C19H23ClN4O2. The first-order chi connectivity index (χ1) is 12.5. The molecule has 0 spiro atoms. The predicted octanol–water partition coefficient (Wildman–Crippen LogP) is 4.06. The lowest BCUT2D eigenvalue weighted by Gasteiger charge is -2.30. The van der Waals surface area contributed by atoms with Crippen molar-refractivity contribution in [3.8, 4) is 5.75 Å². The van der Waals surface area contributed by atoms with E-state index >= 15 is 0 Å². The third-order valence-electron chi connectivity index (χ3n) is 4.43. The van der Waals surface area contributed by atoms with Crippen molar-refractivity contribution < 1.29 is 9.53 Å². The Balaban J connectivity index is 1.86. The van der Waals surface area contributed by atoms with Crippen LogP contribution in [0.3, 0.4) is 0 Å². The second kappa shape index (κ2) is 7.91. The van der Waals surface area contributed by atoms with Gasteiger partial charge in [0.25, 0.3) is 5.91 Å². The van der Waals surface area contributed by atoms with Crippen molar-refractivity contribution in [1.29, 1.82) is 0 Å². The van der Waals surface area contributed by atoms with Crippen molar-refractivity contribution in [3.63, 3.8) is 0 Å². The number of nitrogens with zero attached hydrogens (tertiary/aromatic N) is 3. The van der Waals surface area contributed by atoms with Gasteiger partial charge in [-0.1, -0.05) is 18.5 Å². The minimum absolute atomic E-state index is 0.0526. The molecule has 1 aromatic heterocycles. The molecule has 0 saturated carbocycles. The number of aromatic nitrogens is 2. The van der Waals surface area contributed by atoms with Gasteiger partial charge in [0.2, 0.25) is 5.95 Å². The van der Waals surface area contributed by atoms with Crippen LogP contribution in [0.5, 0.6) is 5.75 Å². The van der Waals surface area contributed by atoms with Crippen molar-refractivity contribution in [2.75, 3.05) is 25.5 Å². The molecule has 138 valence electrons. The molecule has 7 heteroatoms. The summed E-state index contributed by atoms with van der Waals surface area (Å²) in [6.07, 6.45) is 2.19. The van der Waals surface area contributed by atoms with E-state index in [0.717, 1.165) is 31.6 Å². The first-order valence-electron chi connectivity index (χ1n) is 8.72. The summed E-state index contributed by atoms with van der Waals surface area (Å²) >= 11 is 6.07. The molecule has 6 nitrogen and oxygen atoms in total. The van der Waals surface area contributed by atoms with Gasteiger partial charge in [0.1, 0.15) is 11.4 Å². The van der Waals surface area contributed by atoms with E-state index in [1.165, 1.54) is 0 Å². The van der Waals surface area contributed by atoms with Crippen LogP contribution in [0, 0.1) is 12.8 Å². The van der Waals surface area contributed by atoms with Crippen molar-refractivity contribution in [3.05, 3.63) is 40.7 Å². The molecule has 1 amide bonds. The van der Waals surface area contributed by atoms with Crippen LogP contribution < -0.4 is 10.1 Å². The van der Waals surface area contributed by atoms with Crippen molar-refractivity contribution in [2.45, 2.75) is 26.7 Å². The Morgan fingerprint density at radius 3 is 2.88 bits per heavy atom. The van der Waals surface area contributed by atoms with Gasteiger partial charge in [-0.15, -0.1) is 0 Å². The Bertz CT molecular complexity index is 812. The smallest absolute Gasteiger partial charge is 0.272 e. The third kappa shape index (κ3) is 4.25. The van der Waals surface area contributed by atoms with Gasteiger partial charge in [-0.2, -0.15) is 0 Å². The van der Waals surface area contributed by atoms with Crippen LogP contribution in [0.2, 0.25) is 5.02 Å². The fourth-order valence-corrected chi connectivity index (χ4v) is 3.34. The number of hydrogen-bond donors (Lipinski definition) is 1. The molecule has 1 saturated heterocycles. The molecule has 1 fully saturated rings. The van der Waals surface area contributed by atoms with Crippen LogP contribution in [0.4, 0.5) is 11.6 Å². The normalized spacial score (nSPS) is 17.1. The van der Waals surface area contributed by atoms with Gasteiger partial charge in [0.05, 0.1) is 12.8 Å². The number of rotatable bonds is 4. The van der Waals surface area contributed by atoms with Crippen LogP contribution in [-0.4, -0.2) is 41.0 Å². The molecule has 2 heterocycles. The van der Waals surface area contributed by atoms with Crippen molar-refractivity contribution >= 4 is 29.1 Å². The van der Waals surface area contributed by atoms with E-state index in [1.54, 1.807) is 31.4 Å². The quantitative estimate of drug-likeness (QED) is 0.873. The van der Waals surface area contributed by atoms with Crippen LogP contribution in [0.1, 0.15) is 35.9 Å². The largest absolute Gasteiger partial charge is 0.495 e. The number of benzene rings is 1. The summed E-state index contributed by atoms with van der Waals surface area (Å²) < 4.78 is 5.34. The SMILES string of the molecule is COc1ccc(Cl)cc1Nc1nc(C)cc(C(=O)N2CCCC(C)C2)n1. The maximum Gasteiger partial charge on any atom is 0.272 e. The lowest BCUT2D eigenvalue weighted by atomic mass is 10.00. The Labute approximate surface area is 158 Å². The van der Waals surface area contributed by atoms with E-state index in [2.05, 4.69) is 22.2 Å². The number of hydrogen-bond acceptors (Lipinski definition) is 5. The molecule has 1 atom stereocenters. The predicted molar refractivity (Wildman–Crippen MR) is 102 cm³/mol. The van der Waals surface area contributed by atoms with Crippen LogP contribution in [0.25, 0.3) is 0 Å². The third-order valence-corrected chi connectivity index (χ3v) is 4.66. The van der Waals surface area contributed by atoms with Gasteiger partial charge >= 0.3 is 0 Å². The highest BCUT2D eigenvalue weighted by Gasteiger charge is 2.23. The highest BCUT2D eigenvalue weighted by atomic mass is 35.5. The summed E-state index contributed by atoms with van der Waals surface area (Å²) in [7, 11) is 1.58. The zero-order valence-electron chi connectivity index (χ0n) is 15.3. The summed E-state index contributed by atoms with van der Waals surface area (Å²) in [6.45, 7) is 5.56. The molecule has 1 aromatic carbocycles. The Hall–Kier alpha value is -2.34. The number of aryl methyl sites for hydroxylation is 1. The standard InChI is InChI=1S/C19H23ClN4O2/c1-12-5-4-8-24(11-12)18(25)16-9-13(2)21-19(23-16)22-15-10-14(20)6-7-17(15)26-3/h6-7,9-10,12H,4-5,8,11H2,1-3H3,(H,21,22,23). The Morgan fingerprint density at radius 2 is 2.15 bits per heavy atom. The first-order valence-corrected chi connectivity index (χ1v) is 9.09. The number of likely N-dealkylation sites (tertiary alicyclic amines) is 1. The number of amides is 1. The number of piperidine rings is 1. The summed E-state index contributed by atoms with van der Waals surface area (Å²) in [5.74, 6) is 1.43. The van der Waals surface area contributed by atoms with Gasteiger partial charge in [-0.25, -0.2) is 9.97 Å². The number of anilines is 2. The van der Waals surface area contributed by atoms with E-state index in [1.807, 2.05) is 11.8 Å². The number of carbonyl (C=O) groups is 1. The van der Waals surface area contributed by atoms with E-state index in [4.69, 9.17) is 16.3 Å². The number of carbonyl (C=O) groups excluding carboxylic acids is 1. The maximum absolute atomic E-state index is 12.8. The topological polar surface area (TPSA) is 67.3 Å². The van der Waals surface area contributed by atoms with Gasteiger partial charge in [-0.05, 0) is 49.9 Å². The Morgan fingerprint density at radius 1 is 1.35 bits per heavy atom. The van der Waals surface area contributed by atoms with Crippen molar-refractivity contribution in [1.82, 2.24) is 14.9 Å². The highest BCUT2D eigenvalue weighted by Crippen LogP contribution is 2.29. The monoisotopic (exact) mass is 374 g/mol. The van der Waals surface area contributed by atoms with Gasteiger partial charge < -0.3 is 15.0 Å². The van der Waals surface area contributed by atoms with Crippen LogP contribution in [0.15, 0.2) is 24.3 Å². The second-order valence-electron chi connectivity index (χ2n) is 6.69. The van der Waals surface area contributed by atoms with E-state index < -0.39 is 0 Å². The fraction of sp³-hybridized carbons (Fsp3) is 0.421. The number of nitrogens with one attached hydrogen (secondary N) is 1. The lowest BCUT2D eigenvalue weighted by Crippen LogP contribution is -2.39. The van der Waals surface area contributed by atoms with Crippen LogP contribution in [-0.2, 0) is 0 Å². The number of ether oxygens (including phenoxy) is 1. The van der Waals surface area contributed by atoms with E-state index in [-0.39, 0.29) is 5.91 Å².